The topological polar surface area (TPSA) is 78.9 Å². The van der Waals surface area contributed by atoms with Crippen molar-refractivity contribution in [1.29, 1.82) is 0 Å². The maximum atomic E-state index is 12.9. The van der Waals surface area contributed by atoms with Crippen LogP contribution in [0.5, 0.6) is 5.75 Å². The maximum absolute atomic E-state index is 12.9. The Kier molecular flexibility index (Phi) is 3.69. The molecule has 2 heterocycles. The first kappa shape index (κ1) is 15.7. The van der Waals surface area contributed by atoms with Crippen LogP contribution < -0.4 is 10.1 Å². The molecule has 0 bridgehead atoms. The molecule has 25 heavy (non-hydrogen) atoms. The van der Waals surface area contributed by atoms with E-state index in [0.29, 0.717) is 11.3 Å². The van der Waals surface area contributed by atoms with E-state index in [1.807, 2.05) is 30.3 Å². The first-order valence-electron chi connectivity index (χ1n) is 8.15. The van der Waals surface area contributed by atoms with Gasteiger partial charge in [0, 0.05) is 13.0 Å². The number of fused-ring (bicyclic) bond motifs is 2. The number of aliphatic hydroxyl groups excluding tert-OH is 1. The van der Waals surface area contributed by atoms with Gasteiger partial charge in [0.15, 0.2) is 0 Å². The monoisotopic (exact) mass is 338 g/mol. The first-order chi connectivity index (χ1) is 12.1. The summed E-state index contributed by atoms with van der Waals surface area (Å²) in [4.78, 5) is 26.7. The number of carbonyl (C=O) groups excluding carboxylic acids is 2. The number of anilines is 1. The fourth-order valence-electron chi connectivity index (χ4n) is 3.45. The smallest absolute Gasteiger partial charge is 0.256 e. The molecule has 1 saturated heterocycles. The quantitative estimate of drug-likeness (QED) is 0.876. The molecular weight excluding hydrogens is 320 g/mol. The van der Waals surface area contributed by atoms with Crippen molar-refractivity contribution in [3.8, 4) is 16.9 Å². The number of nitrogens with one attached hydrogen (secondary N) is 1. The summed E-state index contributed by atoms with van der Waals surface area (Å²) in [5.74, 6) is 0.279. The average Bonchev–Trinajstić information content (AvgIpc) is 3.00. The number of benzene rings is 2. The van der Waals surface area contributed by atoms with Crippen molar-refractivity contribution in [3.05, 3.63) is 48.0 Å². The van der Waals surface area contributed by atoms with Crippen molar-refractivity contribution in [1.82, 2.24) is 4.90 Å². The highest BCUT2D eigenvalue weighted by atomic mass is 16.5. The molecule has 2 aliphatic heterocycles. The van der Waals surface area contributed by atoms with Crippen molar-refractivity contribution in [2.75, 3.05) is 19.0 Å². The van der Waals surface area contributed by atoms with Crippen LogP contribution in [-0.2, 0) is 4.79 Å². The van der Waals surface area contributed by atoms with Gasteiger partial charge in [0.05, 0.1) is 24.5 Å². The number of aliphatic hydroxyl groups is 1. The molecule has 6 nitrogen and oxygen atoms in total. The zero-order valence-corrected chi connectivity index (χ0v) is 13.7. The van der Waals surface area contributed by atoms with E-state index in [4.69, 9.17) is 4.74 Å². The highest BCUT2D eigenvalue weighted by molar-refractivity contribution is 6.10. The van der Waals surface area contributed by atoms with E-state index in [-0.39, 0.29) is 24.8 Å². The lowest BCUT2D eigenvalue weighted by Crippen LogP contribution is -2.40. The van der Waals surface area contributed by atoms with Crippen LogP contribution in [0.25, 0.3) is 11.1 Å². The maximum Gasteiger partial charge on any atom is 0.256 e. The van der Waals surface area contributed by atoms with Crippen molar-refractivity contribution >= 4 is 17.5 Å². The van der Waals surface area contributed by atoms with Crippen LogP contribution in [0.4, 0.5) is 5.69 Å². The van der Waals surface area contributed by atoms with Gasteiger partial charge in [0.25, 0.3) is 5.91 Å². The number of amides is 2. The number of carbonyl (C=O) groups is 2. The molecule has 128 valence electrons. The van der Waals surface area contributed by atoms with E-state index in [0.717, 1.165) is 16.9 Å². The number of nitrogens with zero attached hydrogens (tertiary/aromatic N) is 1. The fourth-order valence-corrected chi connectivity index (χ4v) is 3.45. The van der Waals surface area contributed by atoms with Gasteiger partial charge < -0.3 is 20.1 Å². The van der Waals surface area contributed by atoms with Crippen molar-refractivity contribution in [2.24, 2.45) is 0 Å². The minimum absolute atomic E-state index is 0.184. The third-order valence-corrected chi connectivity index (χ3v) is 4.77. The molecule has 2 amide bonds. The normalized spacial score (nSPS) is 22.1. The van der Waals surface area contributed by atoms with Crippen LogP contribution >= 0.6 is 0 Å². The van der Waals surface area contributed by atoms with Gasteiger partial charge in [0.2, 0.25) is 5.91 Å². The van der Waals surface area contributed by atoms with Crippen molar-refractivity contribution in [3.63, 3.8) is 0 Å². The molecule has 2 N–H and O–H groups in total. The van der Waals surface area contributed by atoms with Gasteiger partial charge in [-0.15, -0.1) is 0 Å². The Morgan fingerprint density at radius 1 is 1.12 bits per heavy atom. The summed E-state index contributed by atoms with van der Waals surface area (Å²) in [7, 11) is 1.61. The summed E-state index contributed by atoms with van der Waals surface area (Å²) in [5, 5.41) is 12.6. The summed E-state index contributed by atoms with van der Waals surface area (Å²) >= 11 is 0. The largest absolute Gasteiger partial charge is 0.497 e. The number of rotatable bonds is 2. The molecule has 2 aromatic carbocycles. The molecule has 6 heteroatoms. The van der Waals surface area contributed by atoms with E-state index in [1.165, 1.54) is 4.90 Å². The molecule has 0 radical (unpaired) electrons. The van der Waals surface area contributed by atoms with E-state index >= 15 is 0 Å². The van der Waals surface area contributed by atoms with Gasteiger partial charge in [-0.1, -0.05) is 18.2 Å². The first-order valence-corrected chi connectivity index (χ1v) is 8.15. The molecule has 0 saturated carbocycles. The van der Waals surface area contributed by atoms with Gasteiger partial charge in [-0.05, 0) is 35.4 Å². The van der Waals surface area contributed by atoms with Gasteiger partial charge in [0.1, 0.15) is 11.8 Å². The minimum Gasteiger partial charge on any atom is -0.497 e. The van der Waals surface area contributed by atoms with Crippen LogP contribution in [0.3, 0.4) is 0 Å². The van der Waals surface area contributed by atoms with Crippen LogP contribution in [0, 0.1) is 0 Å². The van der Waals surface area contributed by atoms with Crippen LogP contribution in [0.15, 0.2) is 42.5 Å². The second-order valence-electron chi connectivity index (χ2n) is 6.34. The SMILES string of the molecule is COc1ccc(-c2ccc3c(c2)C(=O)N2CC(O)CC2C(=O)N3)cc1. The number of hydrogen-bond acceptors (Lipinski definition) is 4. The summed E-state index contributed by atoms with van der Waals surface area (Å²) in [5.41, 5.74) is 2.78. The second kappa shape index (κ2) is 5.89. The molecule has 0 spiro atoms. The number of methoxy groups -OCH3 is 1. The van der Waals surface area contributed by atoms with Crippen molar-refractivity contribution in [2.45, 2.75) is 18.6 Å². The zero-order chi connectivity index (χ0) is 17.6. The predicted molar refractivity (Wildman–Crippen MR) is 92.5 cm³/mol. The Labute approximate surface area is 145 Å². The molecule has 2 aliphatic rings. The second-order valence-corrected chi connectivity index (χ2v) is 6.34. The summed E-state index contributed by atoms with van der Waals surface area (Å²) in [6.45, 7) is 0.184. The predicted octanol–water partition coefficient (Wildman–Crippen LogP) is 1.89. The Balaban J connectivity index is 1.74. The lowest BCUT2D eigenvalue weighted by molar-refractivity contribution is -0.119. The molecule has 2 atom stereocenters. The number of ether oxygens (including phenoxy) is 1. The summed E-state index contributed by atoms with van der Waals surface area (Å²) < 4.78 is 5.17. The van der Waals surface area contributed by atoms with E-state index in [2.05, 4.69) is 5.32 Å². The lowest BCUT2D eigenvalue weighted by Gasteiger charge is -2.19. The molecule has 1 fully saturated rings. The number of hydrogen-bond donors (Lipinski definition) is 2. The molecule has 2 unspecified atom stereocenters. The third kappa shape index (κ3) is 2.64. The highest BCUT2D eigenvalue weighted by Crippen LogP contribution is 2.32. The van der Waals surface area contributed by atoms with Gasteiger partial charge in [-0.25, -0.2) is 0 Å². The Hall–Kier alpha value is -2.86. The summed E-state index contributed by atoms with van der Waals surface area (Å²) in [6, 6.07) is 12.4. The minimum atomic E-state index is -0.661. The average molecular weight is 338 g/mol. The van der Waals surface area contributed by atoms with Gasteiger partial charge in [-0.2, -0.15) is 0 Å². The van der Waals surface area contributed by atoms with Crippen LogP contribution in [0.1, 0.15) is 16.8 Å². The molecule has 0 aliphatic carbocycles. The van der Waals surface area contributed by atoms with E-state index in [1.54, 1.807) is 19.2 Å². The molecule has 0 aromatic heterocycles. The zero-order valence-electron chi connectivity index (χ0n) is 13.7. The van der Waals surface area contributed by atoms with E-state index in [9.17, 15) is 14.7 Å². The van der Waals surface area contributed by atoms with Gasteiger partial charge >= 0.3 is 0 Å². The lowest BCUT2D eigenvalue weighted by atomic mass is 10.0. The summed E-state index contributed by atoms with van der Waals surface area (Å²) in [6.07, 6.45) is -0.386. The third-order valence-electron chi connectivity index (χ3n) is 4.77. The standard InChI is InChI=1S/C19H18N2O4/c1-25-14-5-2-11(3-6-14)12-4-7-16-15(8-12)19(24)21-10-13(22)9-17(21)18(23)20-16/h2-8,13,17,22H,9-10H2,1H3,(H,20,23). The van der Waals surface area contributed by atoms with Gasteiger partial charge in [-0.3, -0.25) is 9.59 Å². The highest BCUT2D eigenvalue weighted by Gasteiger charge is 2.42. The molecule has 2 aromatic rings. The van der Waals surface area contributed by atoms with Crippen molar-refractivity contribution < 1.29 is 19.4 Å². The Morgan fingerprint density at radius 2 is 1.84 bits per heavy atom. The Morgan fingerprint density at radius 3 is 2.56 bits per heavy atom. The van der Waals surface area contributed by atoms with Crippen LogP contribution in [-0.4, -0.2) is 47.6 Å². The van der Waals surface area contributed by atoms with E-state index < -0.39 is 12.1 Å². The molecular formula is C19H18N2O4. The molecule has 4 rings (SSSR count). The fraction of sp³-hybridized carbons (Fsp3) is 0.263. The Bertz CT molecular complexity index is 847. The van der Waals surface area contributed by atoms with Crippen LogP contribution in [0.2, 0.25) is 0 Å².